The standard InChI is InChI=1S/C13H19N5OS/c1-4-14-5-6-15-12(19)11-9(2)17-13(20-11)10-7-16-18(3)8-10/h7-8,14H,4-6H2,1-3H3,(H,15,19). The van der Waals surface area contributed by atoms with Crippen molar-refractivity contribution in [1.82, 2.24) is 25.4 Å². The summed E-state index contributed by atoms with van der Waals surface area (Å²) in [6.45, 7) is 6.19. The monoisotopic (exact) mass is 293 g/mol. The summed E-state index contributed by atoms with van der Waals surface area (Å²) >= 11 is 1.40. The van der Waals surface area contributed by atoms with E-state index in [1.807, 2.05) is 27.1 Å². The summed E-state index contributed by atoms with van der Waals surface area (Å²) < 4.78 is 1.72. The van der Waals surface area contributed by atoms with Gasteiger partial charge in [0.15, 0.2) is 0 Å². The topological polar surface area (TPSA) is 71.8 Å². The second-order valence-electron chi connectivity index (χ2n) is 4.45. The van der Waals surface area contributed by atoms with E-state index in [0.717, 1.165) is 29.4 Å². The van der Waals surface area contributed by atoms with Crippen LogP contribution in [0.4, 0.5) is 0 Å². The smallest absolute Gasteiger partial charge is 0.263 e. The molecule has 2 rings (SSSR count). The lowest BCUT2D eigenvalue weighted by Crippen LogP contribution is -2.31. The van der Waals surface area contributed by atoms with E-state index in [4.69, 9.17) is 0 Å². The molecule has 0 radical (unpaired) electrons. The second kappa shape index (κ2) is 6.62. The minimum Gasteiger partial charge on any atom is -0.350 e. The van der Waals surface area contributed by atoms with Crippen molar-refractivity contribution in [2.45, 2.75) is 13.8 Å². The fourth-order valence-corrected chi connectivity index (χ4v) is 2.74. The summed E-state index contributed by atoms with van der Waals surface area (Å²) in [4.78, 5) is 17.2. The predicted octanol–water partition coefficient (Wildman–Crippen LogP) is 1.19. The van der Waals surface area contributed by atoms with Crippen LogP contribution in [0.25, 0.3) is 10.6 Å². The first-order chi connectivity index (χ1) is 9.61. The third-order valence-electron chi connectivity index (χ3n) is 2.79. The lowest BCUT2D eigenvalue weighted by Gasteiger charge is -2.03. The summed E-state index contributed by atoms with van der Waals surface area (Å²) in [5.41, 5.74) is 1.70. The largest absolute Gasteiger partial charge is 0.350 e. The van der Waals surface area contributed by atoms with Crippen molar-refractivity contribution in [3.8, 4) is 10.6 Å². The first-order valence-corrected chi connectivity index (χ1v) is 7.38. The van der Waals surface area contributed by atoms with E-state index < -0.39 is 0 Å². The van der Waals surface area contributed by atoms with E-state index in [2.05, 4.69) is 20.7 Å². The van der Waals surface area contributed by atoms with E-state index in [0.29, 0.717) is 11.4 Å². The summed E-state index contributed by atoms with van der Waals surface area (Å²) in [7, 11) is 1.86. The van der Waals surface area contributed by atoms with Gasteiger partial charge in [-0.2, -0.15) is 5.10 Å². The van der Waals surface area contributed by atoms with E-state index in [1.165, 1.54) is 11.3 Å². The summed E-state index contributed by atoms with van der Waals surface area (Å²) in [5.74, 6) is -0.0620. The quantitative estimate of drug-likeness (QED) is 0.785. The van der Waals surface area contributed by atoms with E-state index >= 15 is 0 Å². The molecule has 2 N–H and O–H groups in total. The van der Waals surface area contributed by atoms with Gasteiger partial charge in [0.05, 0.1) is 11.9 Å². The first-order valence-electron chi connectivity index (χ1n) is 6.57. The Hall–Kier alpha value is -1.73. The zero-order valence-electron chi connectivity index (χ0n) is 11.9. The van der Waals surface area contributed by atoms with Gasteiger partial charge < -0.3 is 10.6 Å². The summed E-state index contributed by atoms with van der Waals surface area (Å²) in [6.07, 6.45) is 3.65. The Labute approximate surface area is 122 Å². The van der Waals surface area contributed by atoms with Crippen molar-refractivity contribution in [3.05, 3.63) is 23.0 Å². The molecular formula is C13H19N5OS. The van der Waals surface area contributed by atoms with E-state index in [9.17, 15) is 4.79 Å². The molecule has 2 aromatic rings. The molecule has 0 bridgehead atoms. The van der Waals surface area contributed by atoms with Crippen LogP contribution in [0.1, 0.15) is 22.3 Å². The molecule has 0 fully saturated rings. The maximum Gasteiger partial charge on any atom is 0.263 e. The zero-order valence-corrected chi connectivity index (χ0v) is 12.8. The molecule has 0 saturated heterocycles. The number of carbonyl (C=O) groups is 1. The number of hydrogen-bond acceptors (Lipinski definition) is 5. The average Bonchev–Trinajstić information content (AvgIpc) is 3.00. The maximum atomic E-state index is 12.1. The Morgan fingerprint density at radius 2 is 2.25 bits per heavy atom. The SMILES string of the molecule is CCNCCNC(=O)c1sc(-c2cnn(C)c2)nc1C. The van der Waals surface area contributed by atoms with Gasteiger partial charge in [-0.1, -0.05) is 6.92 Å². The molecule has 2 aromatic heterocycles. The summed E-state index contributed by atoms with van der Waals surface area (Å²) in [6, 6.07) is 0. The number of thiazole rings is 1. The first kappa shape index (κ1) is 14.7. The molecule has 1 amide bonds. The third-order valence-corrected chi connectivity index (χ3v) is 4.00. The highest BCUT2D eigenvalue weighted by Gasteiger charge is 2.16. The third kappa shape index (κ3) is 3.43. The van der Waals surface area contributed by atoms with Crippen LogP contribution in [0, 0.1) is 6.92 Å². The van der Waals surface area contributed by atoms with Crippen LogP contribution in [0.2, 0.25) is 0 Å². The number of likely N-dealkylation sites (N-methyl/N-ethyl adjacent to an activating group) is 1. The number of carbonyl (C=O) groups excluding carboxylic acids is 1. The fraction of sp³-hybridized carbons (Fsp3) is 0.462. The Morgan fingerprint density at radius 1 is 1.45 bits per heavy atom. The van der Waals surface area contributed by atoms with Crippen LogP contribution in [-0.2, 0) is 7.05 Å². The molecule has 0 saturated carbocycles. The number of aromatic nitrogens is 3. The van der Waals surface area contributed by atoms with Crippen molar-refractivity contribution in [2.75, 3.05) is 19.6 Å². The molecule has 108 valence electrons. The minimum atomic E-state index is -0.0620. The van der Waals surface area contributed by atoms with Gasteiger partial charge in [-0.05, 0) is 13.5 Å². The number of rotatable bonds is 6. The molecule has 6 nitrogen and oxygen atoms in total. The van der Waals surface area contributed by atoms with Crippen LogP contribution in [-0.4, -0.2) is 40.3 Å². The van der Waals surface area contributed by atoms with Crippen molar-refractivity contribution >= 4 is 17.2 Å². The highest BCUT2D eigenvalue weighted by atomic mass is 32.1. The Kier molecular flexibility index (Phi) is 4.86. The normalized spacial score (nSPS) is 10.8. The molecule has 0 unspecified atom stereocenters. The zero-order chi connectivity index (χ0) is 14.5. The van der Waals surface area contributed by atoms with Gasteiger partial charge in [-0.3, -0.25) is 9.48 Å². The van der Waals surface area contributed by atoms with E-state index in [-0.39, 0.29) is 5.91 Å². The second-order valence-corrected chi connectivity index (χ2v) is 5.44. The molecule has 0 atom stereocenters. The molecule has 2 heterocycles. The highest BCUT2D eigenvalue weighted by molar-refractivity contribution is 7.17. The van der Waals surface area contributed by atoms with Crippen molar-refractivity contribution in [1.29, 1.82) is 0 Å². The molecule has 0 aromatic carbocycles. The number of nitrogens with one attached hydrogen (secondary N) is 2. The van der Waals surface area contributed by atoms with Crippen LogP contribution >= 0.6 is 11.3 Å². The minimum absolute atomic E-state index is 0.0620. The van der Waals surface area contributed by atoms with Crippen molar-refractivity contribution in [2.24, 2.45) is 7.05 Å². The van der Waals surface area contributed by atoms with Crippen LogP contribution in [0.3, 0.4) is 0 Å². The Balaban J connectivity index is 2.05. The lowest BCUT2D eigenvalue weighted by atomic mass is 10.3. The van der Waals surface area contributed by atoms with Gasteiger partial charge in [0.1, 0.15) is 9.88 Å². The van der Waals surface area contributed by atoms with E-state index in [1.54, 1.807) is 10.9 Å². The number of aryl methyl sites for hydroxylation is 2. The molecule has 0 aliphatic carbocycles. The van der Waals surface area contributed by atoms with Crippen molar-refractivity contribution < 1.29 is 4.79 Å². The average molecular weight is 293 g/mol. The number of hydrogen-bond donors (Lipinski definition) is 2. The molecule has 20 heavy (non-hydrogen) atoms. The van der Waals surface area contributed by atoms with Crippen LogP contribution in [0.15, 0.2) is 12.4 Å². The van der Waals surface area contributed by atoms with Gasteiger partial charge in [0.25, 0.3) is 5.91 Å². The number of amides is 1. The molecule has 0 aliphatic rings. The highest BCUT2D eigenvalue weighted by Crippen LogP contribution is 2.27. The number of nitrogens with zero attached hydrogens (tertiary/aromatic N) is 3. The molecule has 0 spiro atoms. The Morgan fingerprint density at radius 3 is 2.90 bits per heavy atom. The Bertz CT molecular complexity index is 589. The lowest BCUT2D eigenvalue weighted by molar-refractivity contribution is 0.0957. The molecule has 7 heteroatoms. The fourth-order valence-electron chi connectivity index (χ4n) is 1.78. The maximum absolute atomic E-state index is 12.1. The summed E-state index contributed by atoms with van der Waals surface area (Å²) in [5, 5.41) is 11.0. The van der Waals surface area contributed by atoms with Crippen molar-refractivity contribution in [3.63, 3.8) is 0 Å². The van der Waals surface area contributed by atoms with Crippen LogP contribution in [0.5, 0.6) is 0 Å². The van der Waals surface area contributed by atoms with Crippen LogP contribution < -0.4 is 10.6 Å². The van der Waals surface area contributed by atoms with Gasteiger partial charge in [-0.15, -0.1) is 11.3 Å². The van der Waals surface area contributed by atoms with Gasteiger partial charge in [0.2, 0.25) is 0 Å². The molecule has 0 aliphatic heterocycles. The van der Waals surface area contributed by atoms with Gasteiger partial charge >= 0.3 is 0 Å². The molecular weight excluding hydrogens is 274 g/mol. The van der Waals surface area contributed by atoms with Gasteiger partial charge in [0, 0.05) is 31.9 Å². The predicted molar refractivity (Wildman–Crippen MR) is 79.9 cm³/mol. The van der Waals surface area contributed by atoms with Gasteiger partial charge in [-0.25, -0.2) is 4.98 Å².